The van der Waals surface area contributed by atoms with Crippen molar-refractivity contribution in [2.24, 2.45) is 35.0 Å². The molecule has 2 heteroatoms. The van der Waals surface area contributed by atoms with Crippen LogP contribution in [0.15, 0.2) is 11.6 Å². The van der Waals surface area contributed by atoms with Crippen LogP contribution in [0.3, 0.4) is 0 Å². The van der Waals surface area contributed by atoms with Crippen LogP contribution in [0.2, 0.25) is 0 Å². The molecule has 0 saturated heterocycles. The number of rotatable bonds is 0. The van der Waals surface area contributed by atoms with Crippen molar-refractivity contribution in [2.75, 3.05) is 0 Å². The first kappa shape index (κ1) is 14.3. The number of terminal acetylenes is 1. The number of hydrogen-bond donors (Lipinski definition) is 1. The lowest BCUT2D eigenvalue weighted by Gasteiger charge is -2.55. The standard InChI is InChI=1S/C21H26O2/c1-2-21(23)10-8-18-17-5-3-13-11-15(22)4-6-16(13)19(17)14-7-9-20(18,21)12-14/h1,11,14,16-19,23H,3-10,12H2/t14-,16?,17?,18?,19?,20-,21-/m0/s1. The van der Waals surface area contributed by atoms with Gasteiger partial charge in [-0.3, -0.25) is 4.79 Å². The van der Waals surface area contributed by atoms with E-state index in [0.717, 1.165) is 62.7 Å². The van der Waals surface area contributed by atoms with Gasteiger partial charge in [0.2, 0.25) is 0 Å². The molecule has 122 valence electrons. The van der Waals surface area contributed by atoms with Crippen molar-refractivity contribution in [1.82, 2.24) is 0 Å². The third kappa shape index (κ3) is 1.63. The van der Waals surface area contributed by atoms with Gasteiger partial charge >= 0.3 is 0 Å². The average molecular weight is 310 g/mol. The van der Waals surface area contributed by atoms with Gasteiger partial charge in [-0.2, -0.15) is 0 Å². The molecular formula is C21H26O2. The van der Waals surface area contributed by atoms with Gasteiger partial charge in [0.25, 0.3) is 0 Å². The zero-order valence-corrected chi connectivity index (χ0v) is 13.8. The van der Waals surface area contributed by atoms with Crippen molar-refractivity contribution < 1.29 is 9.90 Å². The van der Waals surface area contributed by atoms with Crippen LogP contribution in [0.4, 0.5) is 0 Å². The number of aliphatic hydroxyl groups is 1. The van der Waals surface area contributed by atoms with Crippen LogP contribution >= 0.6 is 0 Å². The van der Waals surface area contributed by atoms with E-state index in [-0.39, 0.29) is 5.41 Å². The zero-order chi connectivity index (χ0) is 15.8. The van der Waals surface area contributed by atoms with E-state index >= 15 is 0 Å². The molecule has 0 aromatic heterocycles. The number of carbonyl (C=O) groups is 1. The Morgan fingerprint density at radius 3 is 2.87 bits per heavy atom. The van der Waals surface area contributed by atoms with Gasteiger partial charge in [0.1, 0.15) is 5.60 Å². The fraction of sp³-hybridized carbons (Fsp3) is 0.762. The van der Waals surface area contributed by atoms with Crippen LogP contribution in [0.25, 0.3) is 0 Å². The molecule has 0 radical (unpaired) electrons. The van der Waals surface area contributed by atoms with Crippen molar-refractivity contribution in [3.8, 4) is 12.3 Å². The Morgan fingerprint density at radius 1 is 1.17 bits per heavy atom. The van der Waals surface area contributed by atoms with Gasteiger partial charge in [0.05, 0.1) is 0 Å². The monoisotopic (exact) mass is 310 g/mol. The van der Waals surface area contributed by atoms with Gasteiger partial charge in [-0.15, -0.1) is 6.42 Å². The number of hydrogen-bond acceptors (Lipinski definition) is 2. The molecule has 2 bridgehead atoms. The van der Waals surface area contributed by atoms with Gasteiger partial charge < -0.3 is 5.11 Å². The molecule has 5 aliphatic carbocycles. The Balaban J connectivity index is 1.56. The summed E-state index contributed by atoms with van der Waals surface area (Å²) in [4.78, 5) is 11.8. The fourth-order valence-electron chi connectivity index (χ4n) is 7.73. The molecule has 1 spiro atoms. The van der Waals surface area contributed by atoms with Crippen LogP contribution in [0.5, 0.6) is 0 Å². The second-order valence-corrected chi connectivity index (χ2v) is 8.92. The number of ketones is 1. The van der Waals surface area contributed by atoms with Crippen molar-refractivity contribution in [3.63, 3.8) is 0 Å². The smallest absolute Gasteiger partial charge is 0.155 e. The largest absolute Gasteiger partial charge is 0.377 e. The van der Waals surface area contributed by atoms with Gasteiger partial charge in [-0.25, -0.2) is 0 Å². The topological polar surface area (TPSA) is 37.3 Å². The third-order valence-electron chi connectivity index (χ3n) is 8.49. The minimum atomic E-state index is -0.851. The minimum absolute atomic E-state index is 0.0132. The maximum Gasteiger partial charge on any atom is 0.155 e. The van der Waals surface area contributed by atoms with Gasteiger partial charge in [0, 0.05) is 11.8 Å². The minimum Gasteiger partial charge on any atom is -0.377 e. The molecule has 23 heavy (non-hydrogen) atoms. The van der Waals surface area contributed by atoms with Crippen molar-refractivity contribution in [1.29, 1.82) is 0 Å². The Bertz CT molecular complexity index is 641. The van der Waals surface area contributed by atoms with E-state index in [1.807, 2.05) is 6.08 Å². The summed E-state index contributed by atoms with van der Waals surface area (Å²) in [5, 5.41) is 11.1. The maximum atomic E-state index is 11.8. The summed E-state index contributed by atoms with van der Waals surface area (Å²) in [7, 11) is 0. The number of carbonyl (C=O) groups excluding carboxylic acids is 1. The molecule has 4 saturated carbocycles. The Labute approximate surface area is 138 Å². The lowest BCUT2D eigenvalue weighted by Crippen LogP contribution is -2.52. The summed E-state index contributed by atoms with van der Waals surface area (Å²) in [5.41, 5.74) is 0.613. The summed E-state index contributed by atoms with van der Waals surface area (Å²) in [6.45, 7) is 0. The van der Waals surface area contributed by atoms with E-state index in [2.05, 4.69) is 5.92 Å². The highest BCUT2D eigenvalue weighted by molar-refractivity contribution is 5.91. The summed E-state index contributed by atoms with van der Waals surface area (Å²) < 4.78 is 0. The Morgan fingerprint density at radius 2 is 2.04 bits per heavy atom. The molecular weight excluding hydrogens is 284 g/mol. The molecule has 0 aromatic rings. The predicted molar refractivity (Wildman–Crippen MR) is 88.3 cm³/mol. The van der Waals surface area contributed by atoms with Crippen LogP contribution < -0.4 is 0 Å². The van der Waals surface area contributed by atoms with Gasteiger partial charge in [0.15, 0.2) is 5.78 Å². The van der Waals surface area contributed by atoms with Crippen LogP contribution in [0.1, 0.15) is 57.8 Å². The molecule has 0 aromatic carbocycles. The van der Waals surface area contributed by atoms with Gasteiger partial charge in [-0.1, -0.05) is 11.5 Å². The van der Waals surface area contributed by atoms with E-state index in [9.17, 15) is 9.90 Å². The van der Waals surface area contributed by atoms with Crippen molar-refractivity contribution in [3.05, 3.63) is 11.6 Å². The third-order valence-corrected chi connectivity index (χ3v) is 8.49. The fourth-order valence-corrected chi connectivity index (χ4v) is 7.73. The molecule has 4 fully saturated rings. The number of fused-ring (bicyclic) bond motifs is 6. The first-order valence-corrected chi connectivity index (χ1v) is 9.51. The van der Waals surface area contributed by atoms with E-state index in [4.69, 9.17) is 6.42 Å². The lowest BCUT2D eigenvalue weighted by molar-refractivity contribution is -0.116. The molecule has 0 heterocycles. The van der Waals surface area contributed by atoms with E-state index in [0.29, 0.717) is 17.6 Å². The molecule has 5 aliphatic rings. The SMILES string of the molecule is C#C[C@]1(O)CCC2C3CCC4=CC(=O)CCC4C3[C@H]3CC[C@]21C3. The molecule has 2 nitrogen and oxygen atoms in total. The van der Waals surface area contributed by atoms with Crippen molar-refractivity contribution >= 4 is 5.78 Å². The summed E-state index contributed by atoms with van der Waals surface area (Å²) in [6.07, 6.45) is 17.3. The quantitative estimate of drug-likeness (QED) is 0.695. The molecule has 0 amide bonds. The summed E-state index contributed by atoms with van der Waals surface area (Å²) in [5.74, 6) is 6.62. The second-order valence-electron chi connectivity index (χ2n) is 8.92. The van der Waals surface area contributed by atoms with E-state index in [1.165, 1.54) is 18.4 Å². The molecule has 1 N–H and O–H groups in total. The van der Waals surface area contributed by atoms with Crippen LogP contribution in [-0.4, -0.2) is 16.5 Å². The molecule has 4 unspecified atom stereocenters. The first-order chi connectivity index (χ1) is 11.1. The normalized spacial score (nSPS) is 53.8. The molecule has 0 aliphatic heterocycles. The molecule has 5 rings (SSSR count). The van der Waals surface area contributed by atoms with Crippen LogP contribution in [0, 0.1) is 47.3 Å². The Hall–Kier alpha value is -1.07. The highest BCUT2D eigenvalue weighted by Crippen LogP contribution is 2.71. The first-order valence-electron chi connectivity index (χ1n) is 9.51. The Kier molecular flexibility index (Phi) is 2.80. The van der Waals surface area contributed by atoms with E-state index < -0.39 is 5.60 Å². The van der Waals surface area contributed by atoms with Crippen molar-refractivity contribution in [2.45, 2.75) is 63.4 Å². The predicted octanol–water partition coefficient (Wildman–Crippen LogP) is 3.49. The average Bonchev–Trinajstić information content (AvgIpc) is 3.08. The summed E-state index contributed by atoms with van der Waals surface area (Å²) in [6, 6.07) is 0. The summed E-state index contributed by atoms with van der Waals surface area (Å²) >= 11 is 0. The second kappa shape index (κ2) is 4.51. The highest BCUT2D eigenvalue weighted by atomic mass is 16.3. The van der Waals surface area contributed by atoms with Crippen LogP contribution in [-0.2, 0) is 4.79 Å². The van der Waals surface area contributed by atoms with Gasteiger partial charge in [-0.05, 0) is 87.0 Å². The number of allylic oxidation sites excluding steroid dienone is 1. The van der Waals surface area contributed by atoms with E-state index in [1.54, 1.807) is 0 Å². The highest BCUT2D eigenvalue weighted by Gasteiger charge is 2.68. The maximum absolute atomic E-state index is 11.8. The zero-order valence-electron chi connectivity index (χ0n) is 13.8. The lowest BCUT2D eigenvalue weighted by atomic mass is 9.50. The molecule has 7 atom stereocenters.